The van der Waals surface area contributed by atoms with Crippen molar-refractivity contribution in [2.24, 2.45) is 0 Å². The monoisotopic (exact) mass is 327 g/mol. The van der Waals surface area contributed by atoms with Gasteiger partial charge in [0.15, 0.2) is 0 Å². The number of amides is 2. The third kappa shape index (κ3) is 4.07. The Morgan fingerprint density at radius 1 is 1.29 bits per heavy atom. The smallest absolute Gasteiger partial charge is 0.314 e. The van der Waals surface area contributed by atoms with E-state index < -0.39 is 0 Å². The van der Waals surface area contributed by atoms with Crippen molar-refractivity contribution in [2.75, 3.05) is 24.5 Å². The van der Waals surface area contributed by atoms with Crippen molar-refractivity contribution in [1.82, 2.24) is 20.4 Å². The summed E-state index contributed by atoms with van der Waals surface area (Å²) in [6, 6.07) is 10.6. The van der Waals surface area contributed by atoms with E-state index >= 15 is 0 Å². The van der Waals surface area contributed by atoms with Crippen LogP contribution in [0.2, 0.25) is 0 Å². The quantitative estimate of drug-likeness (QED) is 0.765. The van der Waals surface area contributed by atoms with E-state index in [1.54, 1.807) is 6.20 Å². The fourth-order valence-corrected chi connectivity index (χ4v) is 3.11. The number of anilines is 1. The van der Waals surface area contributed by atoms with E-state index in [-0.39, 0.29) is 12.1 Å². The number of nitrogens with one attached hydrogen (secondary N) is 2. The molecule has 2 N–H and O–H groups in total. The van der Waals surface area contributed by atoms with Crippen LogP contribution < -0.4 is 15.5 Å². The molecule has 24 heavy (non-hydrogen) atoms. The standard InChI is InChI=1S/C18H25N5O/c1-15(23-13-8-16-6-2-3-7-17(16)23)14-20-18(24)19-9-4-11-22-12-5-10-21-22/h2-3,5-7,10,12,15H,4,8-9,11,13-14H2,1H3,(H2,19,20,24)/t15-/m0/s1. The second-order valence-electron chi connectivity index (χ2n) is 6.18. The van der Waals surface area contributed by atoms with Crippen LogP contribution >= 0.6 is 0 Å². The van der Waals surface area contributed by atoms with Gasteiger partial charge in [0.05, 0.1) is 0 Å². The molecule has 0 spiro atoms. The van der Waals surface area contributed by atoms with E-state index in [1.807, 2.05) is 16.9 Å². The van der Waals surface area contributed by atoms with Gasteiger partial charge in [0.2, 0.25) is 0 Å². The first-order valence-electron chi connectivity index (χ1n) is 8.58. The van der Waals surface area contributed by atoms with Crippen molar-refractivity contribution < 1.29 is 4.79 Å². The zero-order valence-electron chi connectivity index (χ0n) is 14.1. The van der Waals surface area contributed by atoms with Gasteiger partial charge in [-0.2, -0.15) is 5.10 Å². The van der Waals surface area contributed by atoms with E-state index in [0.29, 0.717) is 13.1 Å². The van der Waals surface area contributed by atoms with Gasteiger partial charge in [0.1, 0.15) is 0 Å². The summed E-state index contributed by atoms with van der Waals surface area (Å²) in [6.45, 7) is 5.27. The minimum absolute atomic E-state index is 0.102. The average molecular weight is 327 g/mol. The highest BCUT2D eigenvalue weighted by Gasteiger charge is 2.22. The molecular formula is C18H25N5O. The number of benzene rings is 1. The molecule has 1 aromatic heterocycles. The van der Waals surface area contributed by atoms with Crippen LogP contribution in [0.1, 0.15) is 18.9 Å². The van der Waals surface area contributed by atoms with Crippen LogP contribution in [-0.4, -0.2) is 41.5 Å². The Labute approximate surface area is 142 Å². The van der Waals surface area contributed by atoms with Crippen LogP contribution in [0.25, 0.3) is 0 Å². The van der Waals surface area contributed by atoms with Crippen molar-refractivity contribution in [3.05, 3.63) is 48.3 Å². The second kappa shape index (κ2) is 7.86. The van der Waals surface area contributed by atoms with E-state index in [1.165, 1.54) is 11.3 Å². The summed E-state index contributed by atoms with van der Waals surface area (Å²) in [6.07, 6.45) is 5.64. The van der Waals surface area contributed by atoms with Crippen LogP contribution in [0.5, 0.6) is 0 Å². The highest BCUT2D eigenvalue weighted by Crippen LogP contribution is 2.28. The molecule has 0 bridgehead atoms. The average Bonchev–Trinajstić information content (AvgIpc) is 3.26. The predicted octanol–water partition coefficient (Wildman–Crippen LogP) is 2.02. The van der Waals surface area contributed by atoms with E-state index in [0.717, 1.165) is 25.9 Å². The maximum Gasteiger partial charge on any atom is 0.314 e. The first kappa shape index (κ1) is 16.4. The lowest BCUT2D eigenvalue weighted by molar-refractivity contribution is 0.240. The van der Waals surface area contributed by atoms with Gasteiger partial charge in [-0.05, 0) is 37.5 Å². The van der Waals surface area contributed by atoms with Gasteiger partial charge in [0, 0.05) is 50.3 Å². The number of rotatable bonds is 7. The van der Waals surface area contributed by atoms with Gasteiger partial charge in [-0.15, -0.1) is 0 Å². The number of para-hydroxylation sites is 1. The van der Waals surface area contributed by atoms with Crippen LogP contribution in [0.4, 0.5) is 10.5 Å². The molecular weight excluding hydrogens is 302 g/mol. The first-order valence-corrected chi connectivity index (χ1v) is 8.58. The summed E-state index contributed by atoms with van der Waals surface area (Å²) in [5.74, 6) is 0. The molecule has 1 aromatic carbocycles. The molecule has 1 aliphatic rings. The summed E-state index contributed by atoms with van der Waals surface area (Å²) in [5.41, 5.74) is 2.69. The zero-order chi connectivity index (χ0) is 16.8. The molecule has 0 radical (unpaired) electrons. The summed E-state index contributed by atoms with van der Waals surface area (Å²) in [4.78, 5) is 14.3. The largest absolute Gasteiger partial charge is 0.366 e. The summed E-state index contributed by atoms with van der Waals surface area (Å²) in [5, 5.41) is 10.0. The van der Waals surface area contributed by atoms with Crippen molar-refractivity contribution in [3.63, 3.8) is 0 Å². The summed E-state index contributed by atoms with van der Waals surface area (Å²) in [7, 11) is 0. The van der Waals surface area contributed by atoms with Gasteiger partial charge in [-0.1, -0.05) is 18.2 Å². The van der Waals surface area contributed by atoms with Gasteiger partial charge in [0.25, 0.3) is 0 Å². The first-order chi connectivity index (χ1) is 11.7. The van der Waals surface area contributed by atoms with Gasteiger partial charge in [-0.25, -0.2) is 4.79 Å². The maximum absolute atomic E-state index is 11.9. The number of fused-ring (bicyclic) bond motifs is 1. The lowest BCUT2D eigenvalue weighted by atomic mass is 10.2. The van der Waals surface area contributed by atoms with E-state index in [2.05, 4.69) is 51.8 Å². The molecule has 2 heterocycles. The van der Waals surface area contributed by atoms with Gasteiger partial charge < -0.3 is 15.5 Å². The molecule has 0 fully saturated rings. The molecule has 0 unspecified atom stereocenters. The van der Waals surface area contributed by atoms with Gasteiger partial charge >= 0.3 is 6.03 Å². The number of urea groups is 1. The molecule has 0 aliphatic carbocycles. The molecule has 2 amide bonds. The van der Waals surface area contributed by atoms with Crippen molar-refractivity contribution in [2.45, 2.75) is 32.4 Å². The summed E-state index contributed by atoms with van der Waals surface area (Å²) >= 11 is 0. The lowest BCUT2D eigenvalue weighted by Crippen LogP contribution is -2.45. The maximum atomic E-state index is 11.9. The summed E-state index contributed by atoms with van der Waals surface area (Å²) < 4.78 is 1.87. The van der Waals surface area contributed by atoms with Crippen LogP contribution in [0, 0.1) is 0 Å². The molecule has 6 nitrogen and oxygen atoms in total. The van der Waals surface area contributed by atoms with Crippen molar-refractivity contribution in [1.29, 1.82) is 0 Å². The number of nitrogens with zero attached hydrogens (tertiary/aromatic N) is 3. The number of aromatic nitrogens is 2. The Kier molecular flexibility index (Phi) is 5.36. The van der Waals surface area contributed by atoms with Crippen LogP contribution in [0.3, 0.4) is 0 Å². The molecule has 0 saturated carbocycles. The third-order valence-electron chi connectivity index (χ3n) is 4.42. The number of carbonyl (C=O) groups excluding carboxylic acids is 1. The number of hydrogen-bond donors (Lipinski definition) is 2. The number of hydrogen-bond acceptors (Lipinski definition) is 3. The van der Waals surface area contributed by atoms with Crippen molar-refractivity contribution in [3.8, 4) is 0 Å². The Bertz CT molecular complexity index is 655. The van der Waals surface area contributed by atoms with Crippen LogP contribution in [0.15, 0.2) is 42.7 Å². The highest BCUT2D eigenvalue weighted by molar-refractivity contribution is 5.73. The fraction of sp³-hybridized carbons (Fsp3) is 0.444. The lowest BCUT2D eigenvalue weighted by Gasteiger charge is -2.27. The van der Waals surface area contributed by atoms with Gasteiger partial charge in [-0.3, -0.25) is 4.68 Å². The molecule has 128 valence electrons. The molecule has 2 aromatic rings. The highest BCUT2D eigenvalue weighted by atomic mass is 16.2. The normalized spacial score (nSPS) is 14.3. The van der Waals surface area contributed by atoms with Crippen LogP contribution in [-0.2, 0) is 13.0 Å². The topological polar surface area (TPSA) is 62.2 Å². The SMILES string of the molecule is C[C@@H](CNC(=O)NCCCn1cccn1)N1CCc2ccccc21. The molecule has 0 saturated heterocycles. The molecule has 3 rings (SSSR count). The predicted molar refractivity (Wildman–Crippen MR) is 95.2 cm³/mol. The minimum Gasteiger partial charge on any atom is -0.366 e. The Balaban J connectivity index is 1.35. The number of carbonyl (C=O) groups is 1. The Morgan fingerprint density at radius 3 is 3.00 bits per heavy atom. The van der Waals surface area contributed by atoms with E-state index in [4.69, 9.17) is 0 Å². The zero-order valence-corrected chi connectivity index (χ0v) is 14.1. The second-order valence-corrected chi connectivity index (χ2v) is 6.18. The molecule has 6 heteroatoms. The number of aryl methyl sites for hydroxylation is 1. The van der Waals surface area contributed by atoms with Crippen molar-refractivity contribution >= 4 is 11.7 Å². The fourth-order valence-electron chi connectivity index (χ4n) is 3.11. The Hall–Kier alpha value is -2.50. The van der Waals surface area contributed by atoms with E-state index in [9.17, 15) is 4.79 Å². The molecule has 1 atom stereocenters. The third-order valence-corrected chi connectivity index (χ3v) is 4.42. The minimum atomic E-state index is -0.102. The molecule has 1 aliphatic heterocycles. The Morgan fingerprint density at radius 2 is 2.17 bits per heavy atom.